The van der Waals surface area contributed by atoms with Gasteiger partial charge in [-0.2, -0.15) is 4.67 Å². The van der Waals surface area contributed by atoms with Crippen LogP contribution in [0.3, 0.4) is 0 Å². The van der Waals surface area contributed by atoms with E-state index >= 15 is 0 Å². The van der Waals surface area contributed by atoms with Crippen molar-refractivity contribution in [3.05, 3.63) is 34.9 Å². The first-order valence-electron chi connectivity index (χ1n) is 14.7. The second kappa shape index (κ2) is 12.7. The fraction of sp³-hybridized carbons (Fsp3) is 0.677. The highest BCUT2D eigenvalue weighted by molar-refractivity contribution is 7.73. The Labute approximate surface area is 240 Å². The topological polar surface area (TPSA) is 102 Å². The number of allylic oxidation sites excluding steroid dienone is 2. The number of rotatable bonds is 12. The third kappa shape index (κ3) is 6.76. The van der Waals surface area contributed by atoms with Crippen LogP contribution in [0.1, 0.15) is 111 Å². The first kappa shape index (κ1) is 32.2. The lowest BCUT2D eigenvalue weighted by Gasteiger charge is -2.47. The number of carboxylic acid groups (broad SMARTS) is 1. The highest BCUT2D eigenvalue weighted by Crippen LogP contribution is 2.60. The third-order valence-electron chi connectivity index (χ3n) is 7.96. The number of hydrogen-bond acceptors (Lipinski definition) is 6. The molecule has 0 fully saturated rings. The van der Waals surface area contributed by atoms with Crippen LogP contribution in [0, 0.1) is 5.92 Å². The van der Waals surface area contributed by atoms with Crippen LogP contribution in [0.5, 0.6) is 11.5 Å². The molecule has 1 heterocycles. The molecule has 8 nitrogen and oxygen atoms in total. The number of aliphatic carboxylic acids is 1. The van der Waals surface area contributed by atoms with Gasteiger partial charge in [-0.15, -0.1) is 0 Å². The molecule has 9 heteroatoms. The summed E-state index contributed by atoms with van der Waals surface area (Å²) < 4.78 is 34.4. The predicted molar refractivity (Wildman–Crippen MR) is 158 cm³/mol. The van der Waals surface area contributed by atoms with Crippen molar-refractivity contribution in [3.8, 4) is 11.5 Å². The van der Waals surface area contributed by atoms with Gasteiger partial charge in [-0.25, -0.2) is 9.36 Å². The molecule has 1 aromatic carbocycles. The number of unbranched alkanes of at least 4 members (excludes halogenated alkanes) is 2. The third-order valence-corrected chi connectivity index (χ3v) is 10.4. The molecule has 0 spiro atoms. The van der Waals surface area contributed by atoms with E-state index in [1.165, 1.54) is 12.5 Å². The minimum Gasteiger partial charge on any atom is -0.487 e. The molecule has 1 N–H and O–H groups in total. The number of ether oxygens (including phenoxy) is 2. The van der Waals surface area contributed by atoms with E-state index in [2.05, 4.69) is 33.8 Å². The number of carbonyl (C=O) groups excluding carboxylic acids is 1. The van der Waals surface area contributed by atoms with Gasteiger partial charge in [-0.1, -0.05) is 31.4 Å². The van der Waals surface area contributed by atoms with Gasteiger partial charge in [0.2, 0.25) is 0 Å². The summed E-state index contributed by atoms with van der Waals surface area (Å²) in [6, 6.07) is 2.07. The molecule has 0 amide bonds. The van der Waals surface area contributed by atoms with Crippen molar-refractivity contribution in [3.63, 3.8) is 0 Å². The predicted octanol–water partition coefficient (Wildman–Crippen LogP) is 8.33. The van der Waals surface area contributed by atoms with Gasteiger partial charge in [0.1, 0.15) is 23.1 Å². The van der Waals surface area contributed by atoms with Crippen molar-refractivity contribution in [2.75, 3.05) is 0 Å². The minimum atomic E-state index is -4.54. The van der Waals surface area contributed by atoms with Gasteiger partial charge in [-0.05, 0) is 98.8 Å². The molecule has 0 aromatic heterocycles. The Morgan fingerprint density at radius 3 is 2.42 bits per heavy atom. The Morgan fingerprint density at radius 2 is 1.85 bits per heavy atom. The fourth-order valence-corrected chi connectivity index (χ4v) is 8.31. The van der Waals surface area contributed by atoms with Crippen LogP contribution in [0.15, 0.2) is 23.8 Å². The summed E-state index contributed by atoms with van der Waals surface area (Å²) in [6.45, 7) is 16.6. The van der Waals surface area contributed by atoms with Gasteiger partial charge >= 0.3 is 19.2 Å². The number of carbonyl (C=O) groups is 2. The van der Waals surface area contributed by atoms with Gasteiger partial charge in [0, 0.05) is 23.4 Å². The zero-order valence-electron chi connectivity index (χ0n) is 25.7. The molecule has 3 rings (SSSR count). The molecule has 2 unspecified atom stereocenters. The smallest absolute Gasteiger partial charge is 0.427 e. The summed E-state index contributed by atoms with van der Waals surface area (Å²) in [5, 5.41) is 9.89. The summed E-state index contributed by atoms with van der Waals surface area (Å²) in [5.41, 5.74) is 1.48. The number of fused-ring (bicyclic) bond motifs is 3. The number of aryl methyl sites for hydroxylation is 1. The van der Waals surface area contributed by atoms with Crippen LogP contribution in [-0.2, 0) is 20.5 Å². The second-order valence-electron chi connectivity index (χ2n) is 12.4. The average molecular weight is 578 g/mol. The number of benzene rings is 1. The van der Waals surface area contributed by atoms with Gasteiger partial charge in [0.25, 0.3) is 0 Å². The quantitative estimate of drug-likeness (QED) is 0.150. The maximum absolute atomic E-state index is 14.8. The van der Waals surface area contributed by atoms with E-state index < -0.39 is 43.0 Å². The van der Waals surface area contributed by atoms with Crippen molar-refractivity contribution in [1.29, 1.82) is 0 Å². The van der Waals surface area contributed by atoms with Crippen LogP contribution < -0.4 is 9.26 Å². The largest absolute Gasteiger partial charge is 0.487 e. The Morgan fingerprint density at radius 1 is 1.18 bits per heavy atom. The van der Waals surface area contributed by atoms with E-state index in [1.54, 1.807) is 27.7 Å². The zero-order chi connectivity index (χ0) is 30.0. The monoisotopic (exact) mass is 577 g/mol. The van der Waals surface area contributed by atoms with Crippen LogP contribution in [0.4, 0.5) is 4.79 Å². The van der Waals surface area contributed by atoms with Crippen molar-refractivity contribution < 1.29 is 33.3 Å². The summed E-state index contributed by atoms with van der Waals surface area (Å²) in [7, 11) is -4.54. The first-order chi connectivity index (χ1) is 18.6. The van der Waals surface area contributed by atoms with Crippen LogP contribution >= 0.6 is 7.52 Å². The highest BCUT2D eigenvalue weighted by Gasteiger charge is 2.51. The molecule has 1 aliphatic carbocycles. The molecular weight excluding hydrogens is 529 g/mol. The molecule has 4 atom stereocenters. The molecule has 0 saturated carbocycles. The van der Waals surface area contributed by atoms with Crippen LogP contribution in [0.2, 0.25) is 0 Å². The van der Waals surface area contributed by atoms with Crippen LogP contribution in [0.25, 0.3) is 0 Å². The summed E-state index contributed by atoms with van der Waals surface area (Å²) in [4.78, 5) is 25.7. The Kier molecular flexibility index (Phi) is 10.2. The van der Waals surface area contributed by atoms with Gasteiger partial charge in [0.15, 0.2) is 0 Å². The molecule has 224 valence electrons. The van der Waals surface area contributed by atoms with E-state index in [1.807, 2.05) is 12.1 Å². The second-order valence-corrected chi connectivity index (χ2v) is 14.4. The standard InChI is InChI=1S/C31H48NO7P/c1-10-11-12-13-23-17-26-28(24-16-21(6)14-15-25(24)31(8,9)38-26)27(18-23)39-40(36,30(35)37-20(4)5)32(19(2)3)22(7)29(33)34/h16-20,22,24-25H,10-15H2,1-9H3,(H,33,34)/t22?,24-,25-,40?/m1/s1. The number of carboxylic acids is 1. The van der Waals surface area contributed by atoms with Crippen molar-refractivity contribution >= 4 is 19.2 Å². The van der Waals surface area contributed by atoms with E-state index in [4.69, 9.17) is 14.0 Å². The summed E-state index contributed by atoms with van der Waals surface area (Å²) in [6.07, 6.45) is 7.42. The van der Waals surface area contributed by atoms with Gasteiger partial charge < -0.3 is 19.1 Å². The SMILES string of the molecule is CCCCCc1cc2c(c(OP(=O)(C(=O)OC(C)C)N(C(C)C)C(C)C(=O)O)c1)[C@@H]1C=C(C)CC[C@H]1C(C)(C)O2. The molecule has 2 aliphatic rings. The summed E-state index contributed by atoms with van der Waals surface area (Å²) >= 11 is 0. The van der Waals surface area contributed by atoms with Crippen LogP contribution in [-0.4, -0.2) is 45.2 Å². The maximum Gasteiger partial charge on any atom is 0.427 e. The van der Waals surface area contributed by atoms with E-state index in [9.17, 15) is 19.3 Å². The Bertz CT molecular complexity index is 1170. The molecule has 0 saturated heterocycles. The first-order valence-corrected chi connectivity index (χ1v) is 16.3. The van der Waals surface area contributed by atoms with Gasteiger partial charge in [0.05, 0.1) is 6.10 Å². The summed E-state index contributed by atoms with van der Waals surface area (Å²) in [5.74, 6) is -0.161. The molecule has 1 aliphatic heterocycles. The van der Waals surface area contributed by atoms with Crippen molar-refractivity contribution in [2.45, 2.75) is 131 Å². The lowest BCUT2D eigenvalue weighted by molar-refractivity contribution is -0.141. The lowest BCUT2D eigenvalue weighted by Crippen LogP contribution is -2.46. The van der Waals surface area contributed by atoms with E-state index in [-0.39, 0.29) is 11.8 Å². The molecule has 1 aromatic rings. The maximum atomic E-state index is 14.8. The molecule has 0 radical (unpaired) electrons. The van der Waals surface area contributed by atoms with Crippen molar-refractivity contribution in [2.24, 2.45) is 5.92 Å². The Balaban J connectivity index is 2.27. The average Bonchev–Trinajstić information content (AvgIpc) is 2.82. The van der Waals surface area contributed by atoms with Crippen molar-refractivity contribution in [1.82, 2.24) is 4.67 Å². The fourth-order valence-electron chi connectivity index (χ4n) is 6.03. The highest BCUT2D eigenvalue weighted by atomic mass is 31.2. The minimum absolute atomic E-state index is 0.0637. The normalized spacial score (nSPS) is 22.1. The number of hydrogen-bond donors (Lipinski definition) is 1. The Hall–Kier alpha value is -2.31. The molecular formula is C31H48NO7P. The lowest BCUT2D eigenvalue weighted by atomic mass is 9.68. The van der Waals surface area contributed by atoms with E-state index in [0.717, 1.165) is 54.3 Å². The molecule has 0 bridgehead atoms. The number of nitrogens with zero attached hydrogens (tertiary/aromatic N) is 1. The van der Waals surface area contributed by atoms with Gasteiger partial charge in [-0.3, -0.25) is 4.79 Å². The van der Waals surface area contributed by atoms with E-state index in [0.29, 0.717) is 11.5 Å². The molecule has 40 heavy (non-hydrogen) atoms. The zero-order valence-corrected chi connectivity index (χ0v) is 26.5.